The van der Waals surface area contributed by atoms with Gasteiger partial charge in [-0.25, -0.2) is 0 Å². The highest BCUT2D eigenvalue weighted by atomic mass is 32.2. The van der Waals surface area contributed by atoms with Crippen LogP contribution in [-0.4, -0.2) is 0 Å². The van der Waals surface area contributed by atoms with Crippen LogP contribution in [0.4, 0.5) is 5.69 Å². The van der Waals surface area contributed by atoms with E-state index in [1.807, 2.05) is 11.8 Å². The van der Waals surface area contributed by atoms with Gasteiger partial charge in [0, 0.05) is 15.5 Å². The van der Waals surface area contributed by atoms with Crippen LogP contribution in [0.5, 0.6) is 0 Å². The van der Waals surface area contributed by atoms with E-state index in [-0.39, 0.29) is 0 Å². The minimum Gasteiger partial charge on any atom is -0.354 e. The molecule has 14 heavy (non-hydrogen) atoms. The second-order valence-corrected chi connectivity index (χ2v) is 4.16. The van der Waals surface area contributed by atoms with E-state index in [9.17, 15) is 0 Å². The molecule has 0 bridgehead atoms. The summed E-state index contributed by atoms with van der Waals surface area (Å²) in [7, 11) is 0. The Bertz CT molecular complexity index is 366. The fourth-order valence-electron chi connectivity index (χ4n) is 1.47. The smallest absolute Gasteiger partial charge is 0.0526 e. The van der Waals surface area contributed by atoms with Crippen molar-refractivity contribution in [2.24, 2.45) is 0 Å². The molecule has 1 aliphatic heterocycles. The van der Waals surface area contributed by atoms with Gasteiger partial charge in [0.25, 0.3) is 0 Å². The number of rotatable bonds is 0. The van der Waals surface area contributed by atoms with E-state index in [4.69, 9.17) is 0 Å². The Kier molecular flexibility index (Phi) is 2.64. The highest BCUT2D eigenvalue weighted by molar-refractivity contribution is 8.03. The SMILES string of the molecule is C/C=C1/Nc2ccccc2S/C1=C/C. The normalized spacial score (nSPS) is 20.7. The minimum atomic E-state index is 1.20. The van der Waals surface area contributed by atoms with Crippen molar-refractivity contribution in [2.45, 2.75) is 18.7 Å². The maximum atomic E-state index is 3.42. The fourth-order valence-corrected chi connectivity index (χ4v) is 2.48. The third-order valence-electron chi connectivity index (χ3n) is 2.19. The van der Waals surface area contributed by atoms with Crippen molar-refractivity contribution >= 4 is 17.4 Å². The van der Waals surface area contributed by atoms with Crippen molar-refractivity contribution in [1.29, 1.82) is 0 Å². The Labute approximate surface area is 88.9 Å². The van der Waals surface area contributed by atoms with E-state index in [2.05, 4.69) is 55.6 Å². The van der Waals surface area contributed by atoms with Crippen LogP contribution >= 0.6 is 11.8 Å². The molecule has 0 spiro atoms. The highest BCUT2D eigenvalue weighted by Gasteiger charge is 2.15. The first-order valence-corrected chi connectivity index (χ1v) is 5.53. The van der Waals surface area contributed by atoms with Gasteiger partial charge in [0.1, 0.15) is 0 Å². The lowest BCUT2D eigenvalue weighted by Gasteiger charge is -2.22. The molecule has 0 aromatic heterocycles. The molecule has 0 atom stereocenters. The molecule has 1 N–H and O–H groups in total. The maximum Gasteiger partial charge on any atom is 0.0526 e. The van der Waals surface area contributed by atoms with E-state index in [0.29, 0.717) is 0 Å². The Morgan fingerprint density at radius 1 is 1.14 bits per heavy atom. The van der Waals surface area contributed by atoms with Crippen molar-refractivity contribution in [1.82, 2.24) is 0 Å². The standard InChI is InChI=1S/C12H13NS/c1-3-9-11(4-2)14-12-8-6-5-7-10(12)13-9/h3-8,13H,1-2H3/b9-3+,11-4+. The lowest BCUT2D eigenvalue weighted by molar-refractivity contribution is 1.32. The van der Waals surface area contributed by atoms with Crippen LogP contribution in [0.25, 0.3) is 0 Å². The summed E-state index contributed by atoms with van der Waals surface area (Å²) in [6.45, 7) is 4.13. The molecule has 2 rings (SSSR count). The first-order chi connectivity index (χ1) is 6.85. The third-order valence-corrected chi connectivity index (χ3v) is 3.44. The average Bonchev–Trinajstić information content (AvgIpc) is 2.27. The second-order valence-electron chi connectivity index (χ2n) is 3.08. The molecule has 0 unspecified atom stereocenters. The number of allylic oxidation sites excluding steroid dienone is 2. The number of hydrogen-bond donors (Lipinski definition) is 1. The Morgan fingerprint density at radius 2 is 1.93 bits per heavy atom. The van der Waals surface area contributed by atoms with Gasteiger partial charge in [-0.05, 0) is 26.0 Å². The van der Waals surface area contributed by atoms with Crippen LogP contribution in [-0.2, 0) is 0 Å². The number of fused-ring (bicyclic) bond motifs is 1. The van der Waals surface area contributed by atoms with Gasteiger partial charge in [-0.1, -0.05) is 36.0 Å². The largest absolute Gasteiger partial charge is 0.354 e. The van der Waals surface area contributed by atoms with E-state index >= 15 is 0 Å². The molecule has 0 aliphatic carbocycles. The Hall–Kier alpha value is -1.15. The molecule has 1 heterocycles. The van der Waals surface area contributed by atoms with E-state index in [1.54, 1.807) is 0 Å². The van der Waals surface area contributed by atoms with Crippen LogP contribution in [0, 0.1) is 0 Å². The van der Waals surface area contributed by atoms with E-state index < -0.39 is 0 Å². The number of anilines is 1. The molecule has 0 saturated carbocycles. The van der Waals surface area contributed by atoms with Gasteiger partial charge < -0.3 is 5.32 Å². The molecule has 72 valence electrons. The van der Waals surface area contributed by atoms with Crippen LogP contribution in [0.3, 0.4) is 0 Å². The summed E-state index contributed by atoms with van der Waals surface area (Å²) in [6, 6.07) is 8.38. The monoisotopic (exact) mass is 203 g/mol. The molecule has 1 aromatic carbocycles. The third kappa shape index (κ3) is 1.58. The van der Waals surface area contributed by atoms with Crippen molar-refractivity contribution in [3.63, 3.8) is 0 Å². The predicted molar refractivity (Wildman–Crippen MR) is 63.4 cm³/mol. The number of benzene rings is 1. The first kappa shape index (κ1) is 9.41. The van der Waals surface area contributed by atoms with Gasteiger partial charge in [0.15, 0.2) is 0 Å². The van der Waals surface area contributed by atoms with Gasteiger partial charge in [0.05, 0.1) is 5.69 Å². The number of hydrogen-bond acceptors (Lipinski definition) is 2. The highest BCUT2D eigenvalue weighted by Crippen LogP contribution is 2.41. The van der Waals surface area contributed by atoms with Crippen molar-refractivity contribution in [2.75, 3.05) is 5.32 Å². The van der Waals surface area contributed by atoms with Gasteiger partial charge in [-0.3, -0.25) is 0 Å². The molecule has 1 aromatic rings. The van der Waals surface area contributed by atoms with Gasteiger partial charge in [-0.2, -0.15) is 0 Å². The summed E-state index contributed by atoms with van der Waals surface area (Å²) < 4.78 is 0. The van der Waals surface area contributed by atoms with Crippen molar-refractivity contribution < 1.29 is 0 Å². The Morgan fingerprint density at radius 3 is 2.64 bits per heavy atom. The van der Waals surface area contributed by atoms with Crippen molar-refractivity contribution in [3.8, 4) is 0 Å². The van der Waals surface area contributed by atoms with Gasteiger partial charge >= 0.3 is 0 Å². The van der Waals surface area contributed by atoms with Gasteiger partial charge in [0.2, 0.25) is 0 Å². The number of para-hydroxylation sites is 1. The van der Waals surface area contributed by atoms with Gasteiger partial charge in [-0.15, -0.1) is 0 Å². The molecule has 0 saturated heterocycles. The van der Waals surface area contributed by atoms with E-state index in [1.165, 1.54) is 21.2 Å². The fraction of sp³-hybridized carbons (Fsp3) is 0.167. The summed E-state index contributed by atoms with van der Waals surface area (Å²) in [5, 5.41) is 3.42. The minimum absolute atomic E-state index is 1.20. The number of nitrogens with one attached hydrogen (secondary N) is 1. The summed E-state index contributed by atoms with van der Waals surface area (Å²) in [5.74, 6) is 0. The Balaban J connectivity index is 2.45. The zero-order valence-electron chi connectivity index (χ0n) is 8.37. The zero-order valence-corrected chi connectivity index (χ0v) is 9.19. The number of thioether (sulfide) groups is 1. The topological polar surface area (TPSA) is 12.0 Å². The molecular formula is C12H13NS. The quantitative estimate of drug-likeness (QED) is 0.683. The molecule has 0 fully saturated rings. The summed E-state index contributed by atoms with van der Waals surface area (Å²) >= 11 is 1.82. The average molecular weight is 203 g/mol. The second kappa shape index (κ2) is 3.93. The molecule has 2 heteroatoms. The van der Waals surface area contributed by atoms with Crippen molar-refractivity contribution in [3.05, 3.63) is 47.0 Å². The summed E-state index contributed by atoms with van der Waals surface area (Å²) in [4.78, 5) is 2.59. The summed E-state index contributed by atoms with van der Waals surface area (Å²) in [5.41, 5.74) is 2.41. The molecule has 1 aliphatic rings. The molecular weight excluding hydrogens is 190 g/mol. The maximum absolute atomic E-state index is 3.42. The molecule has 0 radical (unpaired) electrons. The van der Waals surface area contributed by atoms with Crippen LogP contribution in [0.15, 0.2) is 51.9 Å². The predicted octanol–water partition coefficient (Wildman–Crippen LogP) is 4.01. The van der Waals surface area contributed by atoms with Crippen LogP contribution in [0.1, 0.15) is 13.8 Å². The lowest BCUT2D eigenvalue weighted by atomic mass is 10.2. The van der Waals surface area contributed by atoms with E-state index in [0.717, 1.165) is 0 Å². The lowest BCUT2D eigenvalue weighted by Crippen LogP contribution is -2.06. The zero-order chi connectivity index (χ0) is 9.97. The molecule has 1 nitrogen and oxygen atoms in total. The molecule has 0 amide bonds. The summed E-state index contributed by atoms with van der Waals surface area (Å²) in [6.07, 6.45) is 4.25. The van der Waals surface area contributed by atoms with Crippen LogP contribution in [0.2, 0.25) is 0 Å². The van der Waals surface area contributed by atoms with Crippen LogP contribution < -0.4 is 5.32 Å². The first-order valence-electron chi connectivity index (χ1n) is 4.72.